The molecule has 0 spiro atoms. The smallest absolute Gasteiger partial charge is 0.111 e. The second-order valence-electron chi connectivity index (χ2n) is 5.40. The summed E-state index contributed by atoms with van der Waals surface area (Å²) in [6.07, 6.45) is 4.82. The monoisotopic (exact) mass is 307 g/mol. The molecule has 0 fully saturated rings. The molecular weight excluding hydrogens is 286 g/mol. The summed E-state index contributed by atoms with van der Waals surface area (Å²) in [4.78, 5) is 7.86. The number of aliphatic imine (C=N–C) groups is 2. The number of anilines is 3. The lowest BCUT2D eigenvalue weighted by atomic mass is 10.0. The van der Waals surface area contributed by atoms with Gasteiger partial charge in [0.05, 0.1) is 12.9 Å². The number of rotatable bonds is 5. The summed E-state index contributed by atoms with van der Waals surface area (Å²) in [5.41, 5.74) is 11.3. The van der Waals surface area contributed by atoms with Gasteiger partial charge in [-0.2, -0.15) is 0 Å². The Morgan fingerprint density at radius 3 is 2.78 bits per heavy atom. The first-order valence-corrected chi connectivity index (χ1v) is 7.80. The van der Waals surface area contributed by atoms with Crippen LogP contribution in [0.5, 0.6) is 0 Å². The lowest BCUT2D eigenvalue weighted by Gasteiger charge is -2.12. The lowest BCUT2D eigenvalue weighted by molar-refractivity contribution is 0.976. The molecule has 0 unspecified atom stereocenters. The minimum absolute atomic E-state index is 0.657. The van der Waals surface area contributed by atoms with E-state index in [0.717, 1.165) is 25.1 Å². The van der Waals surface area contributed by atoms with Gasteiger partial charge in [0, 0.05) is 23.6 Å². The van der Waals surface area contributed by atoms with Crippen LogP contribution in [0, 0.1) is 0 Å². The van der Waals surface area contributed by atoms with E-state index >= 15 is 0 Å². The van der Waals surface area contributed by atoms with Gasteiger partial charge >= 0.3 is 0 Å². The number of benzene rings is 2. The Kier molecular flexibility index (Phi) is 4.88. The van der Waals surface area contributed by atoms with Gasteiger partial charge in [-0.05, 0) is 42.2 Å². The normalized spacial score (nSPS) is 13.4. The zero-order valence-corrected chi connectivity index (χ0v) is 13.0. The van der Waals surface area contributed by atoms with Crippen molar-refractivity contribution in [2.75, 3.05) is 23.7 Å². The van der Waals surface area contributed by atoms with E-state index in [9.17, 15) is 0 Å². The van der Waals surface area contributed by atoms with Gasteiger partial charge in [-0.3, -0.25) is 4.99 Å². The van der Waals surface area contributed by atoms with E-state index in [1.54, 1.807) is 0 Å². The zero-order chi connectivity index (χ0) is 15.9. The van der Waals surface area contributed by atoms with E-state index in [1.165, 1.54) is 35.2 Å². The number of nitrogens with two attached hydrogens (primary N) is 1. The van der Waals surface area contributed by atoms with Gasteiger partial charge in [0.1, 0.15) is 6.34 Å². The average molecular weight is 307 g/mol. The molecule has 1 aliphatic rings. The molecule has 0 saturated carbocycles. The van der Waals surface area contributed by atoms with Crippen LogP contribution in [0.3, 0.4) is 0 Å². The van der Waals surface area contributed by atoms with Gasteiger partial charge in [-0.1, -0.05) is 24.3 Å². The third-order valence-corrected chi connectivity index (χ3v) is 3.86. The SMILES string of the molecule is NC=NC=NCCNc1ccc2c(c1)Nc1ccccc1CC2. The Hall–Kier alpha value is -2.82. The van der Waals surface area contributed by atoms with E-state index in [4.69, 9.17) is 5.73 Å². The summed E-state index contributed by atoms with van der Waals surface area (Å²) in [5, 5.41) is 6.94. The third-order valence-electron chi connectivity index (χ3n) is 3.86. The number of hydrogen-bond acceptors (Lipinski definition) is 3. The molecule has 0 aromatic heterocycles. The highest BCUT2D eigenvalue weighted by Crippen LogP contribution is 2.31. The van der Waals surface area contributed by atoms with Crippen LogP contribution in [0.4, 0.5) is 17.1 Å². The molecule has 118 valence electrons. The van der Waals surface area contributed by atoms with Crippen molar-refractivity contribution >= 4 is 29.7 Å². The molecule has 0 aliphatic carbocycles. The van der Waals surface area contributed by atoms with Gasteiger partial charge in [0.25, 0.3) is 0 Å². The van der Waals surface area contributed by atoms with E-state index in [-0.39, 0.29) is 0 Å². The number of para-hydroxylation sites is 1. The highest BCUT2D eigenvalue weighted by Gasteiger charge is 2.12. The number of hydrogen-bond donors (Lipinski definition) is 3. The van der Waals surface area contributed by atoms with E-state index < -0.39 is 0 Å². The fraction of sp³-hybridized carbons (Fsp3) is 0.222. The molecule has 1 aliphatic heterocycles. The molecule has 3 rings (SSSR count). The molecule has 2 aromatic carbocycles. The Morgan fingerprint density at radius 1 is 1.09 bits per heavy atom. The lowest BCUT2D eigenvalue weighted by Crippen LogP contribution is -2.05. The number of aryl methyl sites for hydroxylation is 2. The first-order valence-electron chi connectivity index (χ1n) is 7.80. The topological polar surface area (TPSA) is 74.8 Å². The predicted molar refractivity (Wildman–Crippen MR) is 98.1 cm³/mol. The summed E-state index contributed by atoms with van der Waals surface area (Å²) in [7, 11) is 0. The van der Waals surface area contributed by atoms with E-state index in [2.05, 4.69) is 63.1 Å². The highest BCUT2D eigenvalue weighted by molar-refractivity contribution is 5.72. The van der Waals surface area contributed by atoms with Crippen molar-refractivity contribution in [2.24, 2.45) is 15.7 Å². The maximum absolute atomic E-state index is 5.14. The van der Waals surface area contributed by atoms with Gasteiger partial charge < -0.3 is 16.4 Å². The van der Waals surface area contributed by atoms with Crippen molar-refractivity contribution in [3.63, 3.8) is 0 Å². The first-order chi connectivity index (χ1) is 11.4. The summed E-state index contributed by atoms with van der Waals surface area (Å²) in [6, 6.07) is 15.0. The predicted octanol–water partition coefficient (Wildman–Crippen LogP) is 2.96. The molecule has 5 nitrogen and oxygen atoms in total. The van der Waals surface area contributed by atoms with Gasteiger partial charge in [-0.15, -0.1) is 0 Å². The summed E-state index contributed by atoms with van der Waals surface area (Å²) in [6.45, 7) is 1.41. The minimum atomic E-state index is 0.657. The summed E-state index contributed by atoms with van der Waals surface area (Å²) in [5.74, 6) is 0. The molecule has 23 heavy (non-hydrogen) atoms. The number of nitrogens with one attached hydrogen (secondary N) is 2. The molecular formula is C18H21N5. The van der Waals surface area contributed by atoms with Crippen molar-refractivity contribution in [3.05, 3.63) is 53.6 Å². The van der Waals surface area contributed by atoms with Crippen molar-refractivity contribution in [3.8, 4) is 0 Å². The fourth-order valence-corrected chi connectivity index (χ4v) is 2.70. The van der Waals surface area contributed by atoms with Crippen molar-refractivity contribution in [2.45, 2.75) is 12.8 Å². The van der Waals surface area contributed by atoms with Crippen molar-refractivity contribution < 1.29 is 0 Å². The van der Waals surface area contributed by atoms with Crippen molar-refractivity contribution in [1.29, 1.82) is 0 Å². The van der Waals surface area contributed by atoms with Crippen LogP contribution in [-0.2, 0) is 12.8 Å². The Labute approximate surface area is 136 Å². The molecule has 5 heteroatoms. The minimum Gasteiger partial charge on any atom is -0.390 e. The summed E-state index contributed by atoms with van der Waals surface area (Å²) >= 11 is 0. The van der Waals surface area contributed by atoms with Gasteiger partial charge in [0.15, 0.2) is 0 Å². The van der Waals surface area contributed by atoms with Crippen LogP contribution in [0.15, 0.2) is 52.4 Å². The van der Waals surface area contributed by atoms with Gasteiger partial charge in [0.2, 0.25) is 0 Å². The second-order valence-corrected chi connectivity index (χ2v) is 5.40. The van der Waals surface area contributed by atoms with E-state index in [0.29, 0.717) is 6.54 Å². The number of nitrogens with zero attached hydrogens (tertiary/aromatic N) is 2. The molecule has 4 N–H and O–H groups in total. The maximum atomic E-state index is 5.14. The molecule has 0 bridgehead atoms. The highest BCUT2D eigenvalue weighted by atomic mass is 14.9. The van der Waals surface area contributed by atoms with Crippen molar-refractivity contribution in [1.82, 2.24) is 0 Å². The van der Waals surface area contributed by atoms with Gasteiger partial charge in [-0.25, -0.2) is 4.99 Å². The molecule has 0 saturated heterocycles. The molecule has 2 aromatic rings. The second kappa shape index (κ2) is 7.45. The molecule has 0 radical (unpaired) electrons. The fourth-order valence-electron chi connectivity index (χ4n) is 2.70. The zero-order valence-electron chi connectivity index (χ0n) is 13.0. The summed E-state index contributed by atoms with van der Waals surface area (Å²) < 4.78 is 0. The largest absolute Gasteiger partial charge is 0.390 e. The Morgan fingerprint density at radius 2 is 1.91 bits per heavy atom. The quantitative estimate of drug-likeness (QED) is 0.451. The van der Waals surface area contributed by atoms with Crippen LogP contribution in [-0.4, -0.2) is 25.8 Å². The molecule has 0 atom stereocenters. The third kappa shape index (κ3) is 3.88. The van der Waals surface area contributed by atoms with Crippen LogP contribution < -0.4 is 16.4 Å². The maximum Gasteiger partial charge on any atom is 0.111 e. The van der Waals surface area contributed by atoms with E-state index in [1.807, 2.05) is 0 Å². The molecule has 0 amide bonds. The standard InChI is InChI=1S/C18H21N5/c19-12-21-13-20-9-10-22-16-8-7-15-6-5-14-3-1-2-4-17(14)23-18(15)11-16/h1-4,7-8,11-13,22-23H,5-6,9-10H2,(H2,19,20,21). The van der Waals surface area contributed by atoms with Crippen LogP contribution in [0.1, 0.15) is 11.1 Å². The van der Waals surface area contributed by atoms with Crippen LogP contribution >= 0.6 is 0 Å². The molecule has 1 heterocycles. The Bertz CT molecular complexity index is 721. The Balaban J connectivity index is 1.67. The average Bonchev–Trinajstić information content (AvgIpc) is 2.76. The van der Waals surface area contributed by atoms with Crippen LogP contribution in [0.25, 0.3) is 0 Å². The number of fused-ring (bicyclic) bond motifs is 2. The first kappa shape index (κ1) is 15.1. The van der Waals surface area contributed by atoms with Crippen LogP contribution in [0.2, 0.25) is 0 Å².